The topological polar surface area (TPSA) is 58.4 Å². The van der Waals surface area contributed by atoms with Crippen molar-refractivity contribution in [3.63, 3.8) is 0 Å². The van der Waals surface area contributed by atoms with Crippen molar-refractivity contribution >= 4 is 17.3 Å². The number of hydrogen-bond donors (Lipinski definition) is 1. The largest absolute Gasteiger partial charge is 0.316 e. The molecule has 0 aliphatic carbocycles. The fraction of sp³-hybridized carbons (Fsp3) is 0.600. The van der Waals surface area contributed by atoms with Crippen LogP contribution < -0.4 is 5.32 Å². The summed E-state index contributed by atoms with van der Waals surface area (Å²) in [5, 5.41) is 15.2. The van der Waals surface area contributed by atoms with Crippen LogP contribution in [0, 0.1) is 22.0 Å². The molecule has 5 nitrogen and oxygen atoms in total. The molecule has 0 aromatic heterocycles. The van der Waals surface area contributed by atoms with E-state index in [4.69, 9.17) is 11.6 Å². The van der Waals surface area contributed by atoms with Crippen LogP contribution in [0.1, 0.15) is 19.4 Å². The van der Waals surface area contributed by atoms with Crippen LogP contribution in [0.4, 0.5) is 5.69 Å². The lowest BCUT2D eigenvalue weighted by molar-refractivity contribution is -0.385. The number of nitro groups is 1. The second-order valence-electron chi connectivity index (χ2n) is 6.59. The van der Waals surface area contributed by atoms with Gasteiger partial charge in [0.05, 0.1) is 4.92 Å². The average molecular weight is 310 g/mol. The van der Waals surface area contributed by atoms with Crippen molar-refractivity contribution in [2.24, 2.45) is 11.8 Å². The van der Waals surface area contributed by atoms with Gasteiger partial charge in [-0.25, -0.2) is 0 Å². The molecule has 1 N–H and O–H groups in total. The van der Waals surface area contributed by atoms with Gasteiger partial charge in [0, 0.05) is 41.8 Å². The van der Waals surface area contributed by atoms with Crippen LogP contribution in [0.3, 0.4) is 0 Å². The molecular formula is C15H20ClN3O2. The highest BCUT2D eigenvalue weighted by atomic mass is 35.5. The molecule has 3 rings (SSSR count). The maximum atomic E-state index is 11.2. The summed E-state index contributed by atoms with van der Waals surface area (Å²) >= 11 is 6.02. The van der Waals surface area contributed by atoms with E-state index in [1.54, 1.807) is 12.1 Å². The Kier molecular flexibility index (Phi) is 3.67. The number of benzene rings is 1. The molecule has 21 heavy (non-hydrogen) atoms. The van der Waals surface area contributed by atoms with Gasteiger partial charge in [0.25, 0.3) is 5.69 Å². The van der Waals surface area contributed by atoms with Gasteiger partial charge < -0.3 is 5.32 Å². The number of nitrogens with zero attached hydrogens (tertiary/aromatic N) is 2. The summed E-state index contributed by atoms with van der Waals surface area (Å²) in [4.78, 5) is 13.2. The number of fused-ring (bicyclic) bond motifs is 1. The van der Waals surface area contributed by atoms with Gasteiger partial charge in [-0.3, -0.25) is 15.0 Å². The predicted octanol–water partition coefficient (Wildman–Crippen LogP) is 2.68. The first-order valence-corrected chi connectivity index (χ1v) is 7.66. The van der Waals surface area contributed by atoms with Crippen molar-refractivity contribution in [3.8, 4) is 0 Å². The number of halogens is 1. The molecule has 2 unspecified atom stereocenters. The van der Waals surface area contributed by atoms with Gasteiger partial charge in [-0.1, -0.05) is 11.6 Å². The Morgan fingerprint density at radius 1 is 1.48 bits per heavy atom. The lowest BCUT2D eigenvalue weighted by Crippen LogP contribution is -2.44. The molecule has 1 aromatic carbocycles. The SMILES string of the molecule is CC1(C)C2CNCC2CN1Cc1cc(Cl)ccc1[N+](=O)[O-]. The fourth-order valence-electron chi connectivity index (χ4n) is 3.84. The van der Waals surface area contributed by atoms with Gasteiger partial charge in [0.15, 0.2) is 0 Å². The van der Waals surface area contributed by atoms with E-state index < -0.39 is 0 Å². The standard InChI is InChI=1S/C15H20ClN3O2/c1-15(2)13-7-17-6-11(13)9-18(15)8-10-5-12(16)3-4-14(10)19(20)21/h3-5,11,13,17H,6-9H2,1-2H3. The normalized spacial score (nSPS) is 27.8. The minimum atomic E-state index is -0.322. The Bertz CT molecular complexity index is 576. The molecular weight excluding hydrogens is 290 g/mol. The Labute approximate surface area is 129 Å². The van der Waals surface area contributed by atoms with Gasteiger partial charge in [-0.05, 0) is 44.4 Å². The number of likely N-dealkylation sites (tertiary alicyclic amines) is 1. The molecule has 114 valence electrons. The zero-order valence-electron chi connectivity index (χ0n) is 12.3. The second kappa shape index (κ2) is 5.23. The number of hydrogen-bond acceptors (Lipinski definition) is 4. The molecule has 0 spiro atoms. The van der Waals surface area contributed by atoms with Crippen LogP contribution in [-0.2, 0) is 6.54 Å². The number of nitro benzene ring substituents is 1. The molecule has 2 saturated heterocycles. The van der Waals surface area contributed by atoms with Gasteiger partial charge in [-0.2, -0.15) is 0 Å². The number of nitrogens with one attached hydrogen (secondary N) is 1. The Morgan fingerprint density at radius 2 is 2.24 bits per heavy atom. The minimum absolute atomic E-state index is 0.0460. The maximum absolute atomic E-state index is 11.2. The van der Waals surface area contributed by atoms with Crippen LogP contribution >= 0.6 is 11.6 Å². The van der Waals surface area contributed by atoms with E-state index in [-0.39, 0.29) is 16.1 Å². The van der Waals surface area contributed by atoms with Crippen molar-refractivity contribution in [1.82, 2.24) is 10.2 Å². The van der Waals surface area contributed by atoms with E-state index in [9.17, 15) is 10.1 Å². The molecule has 6 heteroatoms. The zero-order chi connectivity index (χ0) is 15.2. The predicted molar refractivity (Wildman–Crippen MR) is 82.4 cm³/mol. The van der Waals surface area contributed by atoms with Gasteiger partial charge in [0.2, 0.25) is 0 Å². The summed E-state index contributed by atoms with van der Waals surface area (Å²) in [6, 6.07) is 4.81. The van der Waals surface area contributed by atoms with Crippen molar-refractivity contribution in [2.45, 2.75) is 25.9 Å². The van der Waals surface area contributed by atoms with Crippen LogP contribution in [0.2, 0.25) is 5.02 Å². The number of rotatable bonds is 3. The van der Waals surface area contributed by atoms with Crippen molar-refractivity contribution in [3.05, 3.63) is 38.9 Å². The van der Waals surface area contributed by atoms with Crippen LogP contribution in [0.5, 0.6) is 0 Å². The summed E-state index contributed by atoms with van der Waals surface area (Å²) in [6.45, 7) is 8.11. The van der Waals surface area contributed by atoms with E-state index in [2.05, 4.69) is 24.1 Å². The molecule has 2 aliphatic rings. The highest BCUT2D eigenvalue weighted by Gasteiger charge is 2.49. The maximum Gasteiger partial charge on any atom is 0.273 e. The highest BCUT2D eigenvalue weighted by molar-refractivity contribution is 6.30. The molecule has 1 aromatic rings. The second-order valence-corrected chi connectivity index (χ2v) is 7.03. The molecule has 2 fully saturated rings. The average Bonchev–Trinajstić information content (AvgIpc) is 2.93. The molecule has 0 amide bonds. The lowest BCUT2D eigenvalue weighted by atomic mass is 9.85. The smallest absolute Gasteiger partial charge is 0.273 e. The van der Waals surface area contributed by atoms with Crippen LogP contribution in [0.15, 0.2) is 18.2 Å². The Morgan fingerprint density at radius 3 is 2.90 bits per heavy atom. The fourth-order valence-corrected chi connectivity index (χ4v) is 4.03. The van der Waals surface area contributed by atoms with Crippen LogP contribution in [0.25, 0.3) is 0 Å². The molecule has 0 bridgehead atoms. The van der Waals surface area contributed by atoms with E-state index in [0.717, 1.165) is 19.6 Å². The van der Waals surface area contributed by atoms with Gasteiger partial charge in [0.1, 0.15) is 0 Å². The van der Waals surface area contributed by atoms with Crippen molar-refractivity contribution in [2.75, 3.05) is 19.6 Å². The first-order valence-electron chi connectivity index (χ1n) is 7.28. The highest BCUT2D eigenvalue weighted by Crippen LogP contribution is 2.42. The monoisotopic (exact) mass is 309 g/mol. The zero-order valence-corrected chi connectivity index (χ0v) is 13.1. The molecule has 0 saturated carbocycles. The third-order valence-electron chi connectivity index (χ3n) is 5.12. The first kappa shape index (κ1) is 14.8. The molecule has 2 atom stereocenters. The third-order valence-corrected chi connectivity index (χ3v) is 5.35. The van der Waals surface area contributed by atoms with Crippen LogP contribution in [-0.4, -0.2) is 35.0 Å². The summed E-state index contributed by atoms with van der Waals surface area (Å²) in [7, 11) is 0. The summed E-state index contributed by atoms with van der Waals surface area (Å²) in [5.41, 5.74) is 0.906. The van der Waals surface area contributed by atoms with Gasteiger partial charge >= 0.3 is 0 Å². The summed E-state index contributed by atoms with van der Waals surface area (Å²) < 4.78 is 0. The van der Waals surface area contributed by atoms with E-state index >= 15 is 0 Å². The molecule has 0 radical (unpaired) electrons. The Balaban J connectivity index is 1.87. The third kappa shape index (κ3) is 2.54. The summed E-state index contributed by atoms with van der Waals surface area (Å²) in [6.07, 6.45) is 0. The molecule has 2 heterocycles. The van der Waals surface area contributed by atoms with E-state index in [1.807, 2.05) is 0 Å². The van der Waals surface area contributed by atoms with E-state index in [1.165, 1.54) is 6.07 Å². The first-order chi connectivity index (χ1) is 9.89. The van der Waals surface area contributed by atoms with E-state index in [0.29, 0.717) is 29.0 Å². The van der Waals surface area contributed by atoms with Gasteiger partial charge in [-0.15, -0.1) is 0 Å². The van der Waals surface area contributed by atoms with Crippen molar-refractivity contribution in [1.29, 1.82) is 0 Å². The Hall–Kier alpha value is -1.17. The quantitative estimate of drug-likeness (QED) is 0.689. The van der Waals surface area contributed by atoms with Crippen molar-refractivity contribution < 1.29 is 4.92 Å². The molecule has 2 aliphatic heterocycles. The lowest BCUT2D eigenvalue weighted by Gasteiger charge is -2.35. The summed E-state index contributed by atoms with van der Waals surface area (Å²) in [5.74, 6) is 1.24. The minimum Gasteiger partial charge on any atom is -0.316 e.